The van der Waals surface area contributed by atoms with Crippen LogP contribution in [0.4, 0.5) is 0 Å². The first kappa shape index (κ1) is 9.67. The van der Waals surface area contributed by atoms with Gasteiger partial charge in [-0.25, -0.2) is 0 Å². The number of fused-ring (bicyclic) bond motifs is 1. The minimum absolute atomic E-state index is 0.117. The fraction of sp³-hybridized carbons (Fsp3) is 0.143. The topological polar surface area (TPSA) is 9.23 Å². The van der Waals surface area contributed by atoms with E-state index in [9.17, 15) is 0 Å². The molecule has 0 unspecified atom stereocenters. The zero-order valence-corrected chi connectivity index (χ0v) is 9.10. The minimum Gasteiger partial charge on any atom is -0.427 e. The highest BCUT2D eigenvalue weighted by Gasteiger charge is 2.26. The number of benzene rings is 2. The molecule has 0 N–H and O–H groups in total. The van der Waals surface area contributed by atoms with Gasteiger partial charge in [-0.05, 0) is 22.9 Å². The van der Waals surface area contributed by atoms with Gasteiger partial charge in [0.1, 0.15) is 0 Å². The molecule has 78 valence electrons. The van der Waals surface area contributed by atoms with Gasteiger partial charge in [0.15, 0.2) is 0 Å². The molecule has 0 spiro atoms. The van der Waals surface area contributed by atoms with Crippen molar-refractivity contribution in [2.24, 2.45) is 0 Å². The zero-order valence-electron chi connectivity index (χ0n) is 9.10. The van der Waals surface area contributed by atoms with Gasteiger partial charge in [0.2, 0.25) is 0 Å². The number of hydrogen-bond donors (Lipinski definition) is 0. The molecule has 0 saturated carbocycles. The summed E-state index contributed by atoms with van der Waals surface area (Å²) in [5.41, 5.74) is 3.98. The molecule has 2 aromatic rings. The average Bonchev–Trinajstić information content (AvgIpc) is 2.39. The van der Waals surface area contributed by atoms with Crippen molar-refractivity contribution in [1.82, 2.24) is 0 Å². The van der Waals surface area contributed by atoms with Crippen LogP contribution in [0.1, 0.15) is 5.56 Å². The van der Waals surface area contributed by atoms with Crippen molar-refractivity contribution in [2.75, 3.05) is 6.61 Å². The highest BCUT2D eigenvalue weighted by atomic mass is 16.4. The van der Waals surface area contributed by atoms with Crippen LogP contribution in [-0.2, 0) is 11.1 Å². The Kier molecular flexibility index (Phi) is 2.51. The van der Waals surface area contributed by atoms with E-state index in [2.05, 4.69) is 48.5 Å². The summed E-state index contributed by atoms with van der Waals surface area (Å²) in [6, 6.07) is 19.0. The standard InChI is InChI=1S/C14H13BO/c1-2-7-13(8-3-1)15-14-9-5-4-6-12(14)10-11-16-15/h1-9H,10-11H2. The van der Waals surface area contributed by atoms with Crippen LogP contribution in [0.3, 0.4) is 0 Å². The summed E-state index contributed by atoms with van der Waals surface area (Å²) in [6.07, 6.45) is 1.03. The van der Waals surface area contributed by atoms with E-state index in [1.54, 1.807) is 0 Å². The summed E-state index contributed by atoms with van der Waals surface area (Å²) in [5, 5.41) is 0. The molecule has 2 aromatic carbocycles. The van der Waals surface area contributed by atoms with Gasteiger partial charge in [0.05, 0.1) is 0 Å². The average molecular weight is 208 g/mol. The first-order valence-corrected chi connectivity index (χ1v) is 5.69. The fourth-order valence-corrected chi connectivity index (χ4v) is 2.30. The van der Waals surface area contributed by atoms with Crippen molar-refractivity contribution in [3.05, 3.63) is 60.2 Å². The van der Waals surface area contributed by atoms with Crippen LogP contribution in [0.25, 0.3) is 0 Å². The zero-order chi connectivity index (χ0) is 10.8. The van der Waals surface area contributed by atoms with Gasteiger partial charge in [0, 0.05) is 6.61 Å². The summed E-state index contributed by atoms with van der Waals surface area (Å²) in [6.45, 7) is 0.933. The first-order valence-electron chi connectivity index (χ1n) is 5.69. The maximum atomic E-state index is 5.89. The lowest BCUT2D eigenvalue weighted by Crippen LogP contribution is -2.49. The van der Waals surface area contributed by atoms with E-state index in [-0.39, 0.29) is 6.92 Å². The summed E-state index contributed by atoms with van der Waals surface area (Å²) >= 11 is 0. The van der Waals surface area contributed by atoms with Crippen LogP contribution in [0.2, 0.25) is 0 Å². The molecule has 0 radical (unpaired) electrons. The largest absolute Gasteiger partial charge is 0.427 e. The fourth-order valence-electron chi connectivity index (χ4n) is 2.30. The third-order valence-electron chi connectivity index (χ3n) is 3.10. The highest BCUT2D eigenvalue weighted by Crippen LogP contribution is 2.07. The van der Waals surface area contributed by atoms with Gasteiger partial charge in [-0.3, -0.25) is 0 Å². The van der Waals surface area contributed by atoms with Crippen LogP contribution < -0.4 is 10.9 Å². The predicted octanol–water partition coefficient (Wildman–Crippen LogP) is 1.36. The Morgan fingerprint density at radius 3 is 2.50 bits per heavy atom. The minimum atomic E-state index is 0.117. The lowest BCUT2D eigenvalue weighted by molar-refractivity contribution is 0.330. The molecule has 0 aromatic heterocycles. The van der Waals surface area contributed by atoms with Crippen LogP contribution in [-0.4, -0.2) is 13.5 Å². The SMILES string of the molecule is c1ccc(B2OCCc3ccccc32)cc1. The molecule has 2 heteroatoms. The highest BCUT2D eigenvalue weighted by molar-refractivity contribution is 6.80. The van der Waals surface area contributed by atoms with E-state index >= 15 is 0 Å². The Labute approximate surface area is 96.2 Å². The lowest BCUT2D eigenvalue weighted by atomic mass is 9.53. The molecule has 1 aliphatic heterocycles. The molecule has 1 heterocycles. The normalized spacial score (nSPS) is 14.6. The van der Waals surface area contributed by atoms with Crippen molar-refractivity contribution in [3.8, 4) is 0 Å². The molecule has 0 saturated heterocycles. The first-order chi connectivity index (χ1) is 7.95. The molecule has 3 rings (SSSR count). The Morgan fingerprint density at radius 2 is 1.62 bits per heavy atom. The van der Waals surface area contributed by atoms with Crippen molar-refractivity contribution in [1.29, 1.82) is 0 Å². The monoisotopic (exact) mass is 208 g/mol. The van der Waals surface area contributed by atoms with Crippen LogP contribution in [0, 0.1) is 0 Å². The second-order valence-corrected chi connectivity index (χ2v) is 4.11. The maximum Gasteiger partial charge on any atom is 0.361 e. The second kappa shape index (κ2) is 4.15. The molecular weight excluding hydrogens is 195 g/mol. The molecule has 0 atom stereocenters. The molecule has 0 bridgehead atoms. The van der Waals surface area contributed by atoms with Gasteiger partial charge >= 0.3 is 6.92 Å². The molecule has 0 aliphatic carbocycles. The van der Waals surface area contributed by atoms with Gasteiger partial charge in [-0.2, -0.15) is 0 Å². The van der Waals surface area contributed by atoms with Crippen LogP contribution in [0.5, 0.6) is 0 Å². The van der Waals surface area contributed by atoms with Crippen molar-refractivity contribution < 1.29 is 4.65 Å². The van der Waals surface area contributed by atoms with Gasteiger partial charge in [-0.15, -0.1) is 0 Å². The van der Waals surface area contributed by atoms with E-state index in [1.165, 1.54) is 16.5 Å². The second-order valence-electron chi connectivity index (χ2n) is 4.11. The van der Waals surface area contributed by atoms with Crippen LogP contribution >= 0.6 is 0 Å². The van der Waals surface area contributed by atoms with Crippen molar-refractivity contribution in [3.63, 3.8) is 0 Å². The Morgan fingerprint density at radius 1 is 0.875 bits per heavy atom. The molecular formula is C14H13BO. The van der Waals surface area contributed by atoms with Crippen molar-refractivity contribution >= 4 is 17.8 Å². The molecule has 1 aliphatic rings. The van der Waals surface area contributed by atoms with Gasteiger partial charge in [-0.1, -0.05) is 54.6 Å². The number of hydrogen-bond acceptors (Lipinski definition) is 1. The Balaban J connectivity index is 2.05. The molecule has 1 nitrogen and oxygen atoms in total. The van der Waals surface area contributed by atoms with E-state index in [0.717, 1.165) is 13.0 Å². The third kappa shape index (κ3) is 1.65. The summed E-state index contributed by atoms with van der Waals surface area (Å²) < 4.78 is 5.89. The van der Waals surface area contributed by atoms with Crippen molar-refractivity contribution in [2.45, 2.75) is 6.42 Å². The Hall–Kier alpha value is -1.54. The molecule has 16 heavy (non-hydrogen) atoms. The van der Waals surface area contributed by atoms with E-state index < -0.39 is 0 Å². The Bertz CT molecular complexity index is 481. The smallest absolute Gasteiger partial charge is 0.361 e. The van der Waals surface area contributed by atoms with E-state index in [1.807, 2.05) is 6.07 Å². The predicted molar refractivity (Wildman–Crippen MR) is 67.6 cm³/mol. The molecule has 0 fully saturated rings. The molecule has 0 amide bonds. The maximum absolute atomic E-state index is 5.89. The van der Waals surface area contributed by atoms with E-state index in [0.29, 0.717) is 0 Å². The van der Waals surface area contributed by atoms with Crippen LogP contribution in [0.15, 0.2) is 54.6 Å². The van der Waals surface area contributed by atoms with E-state index in [4.69, 9.17) is 4.65 Å². The third-order valence-corrected chi connectivity index (χ3v) is 3.10. The summed E-state index contributed by atoms with van der Waals surface area (Å²) in [7, 11) is 0. The lowest BCUT2D eigenvalue weighted by Gasteiger charge is -2.23. The van der Waals surface area contributed by atoms with Gasteiger partial charge in [0.25, 0.3) is 0 Å². The van der Waals surface area contributed by atoms with Gasteiger partial charge < -0.3 is 4.65 Å². The number of rotatable bonds is 1. The summed E-state index contributed by atoms with van der Waals surface area (Å²) in [5.74, 6) is 0. The quantitative estimate of drug-likeness (QED) is 0.643. The summed E-state index contributed by atoms with van der Waals surface area (Å²) in [4.78, 5) is 0.